The molecule has 3 aromatic rings. The Balaban J connectivity index is 1.69. The van der Waals surface area contributed by atoms with Crippen LogP contribution in [-0.2, 0) is 17.6 Å². The zero-order chi connectivity index (χ0) is 21.7. The van der Waals surface area contributed by atoms with Crippen molar-refractivity contribution in [2.75, 3.05) is 24.3 Å². The van der Waals surface area contributed by atoms with Crippen LogP contribution >= 0.6 is 15.9 Å². The number of amides is 1. The van der Waals surface area contributed by atoms with Crippen LogP contribution in [0.25, 0.3) is 0 Å². The molecule has 0 saturated heterocycles. The van der Waals surface area contributed by atoms with Crippen molar-refractivity contribution in [3.63, 3.8) is 0 Å². The number of benzene rings is 2. The second-order valence-electron chi connectivity index (χ2n) is 6.93. The average molecular weight is 469 g/mol. The van der Waals surface area contributed by atoms with Crippen LogP contribution < -0.4 is 10.2 Å². The van der Waals surface area contributed by atoms with Crippen LogP contribution in [0.3, 0.4) is 0 Å². The summed E-state index contributed by atoms with van der Waals surface area (Å²) in [4.78, 5) is 34.0. The number of nitrogens with zero attached hydrogens (tertiary/aromatic N) is 3. The quantitative estimate of drug-likeness (QED) is 0.547. The summed E-state index contributed by atoms with van der Waals surface area (Å²) >= 11 is 3.35. The number of nitrogens with one attached hydrogen (secondary N) is 1. The van der Waals surface area contributed by atoms with Crippen molar-refractivity contribution in [1.82, 2.24) is 9.97 Å². The van der Waals surface area contributed by atoms with E-state index >= 15 is 0 Å². The van der Waals surface area contributed by atoms with Crippen molar-refractivity contribution in [3.8, 4) is 0 Å². The second kappa shape index (κ2) is 9.49. The van der Waals surface area contributed by atoms with Crippen LogP contribution in [-0.4, -0.2) is 41.0 Å². The minimum atomic E-state index is -0.921. The third-order valence-corrected chi connectivity index (χ3v) is 4.87. The maximum atomic E-state index is 12.3. The lowest BCUT2D eigenvalue weighted by atomic mass is 10.1. The van der Waals surface area contributed by atoms with Crippen molar-refractivity contribution >= 4 is 39.3 Å². The van der Waals surface area contributed by atoms with E-state index in [1.165, 1.54) is 0 Å². The Labute approximate surface area is 182 Å². The van der Waals surface area contributed by atoms with Crippen LogP contribution in [0, 0.1) is 0 Å². The lowest BCUT2D eigenvalue weighted by molar-refractivity contribution is -0.136. The Morgan fingerprint density at radius 1 is 1.07 bits per heavy atom. The molecule has 0 aliphatic rings. The van der Waals surface area contributed by atoms with E-state index in [9.17, 15) is 9.59 Å². The van der Waals surface area contributed by atoms with Crippen molar-refractivity contribution in [2.45, 2.75) is 12.8 Å². The highest BCUT2D eigenvalue weighted by atomic mass is 79.9. The van der Waals surface area contributed by atoms with Gasteiger partial charge in [0, 0.05) is 48.0 Å². The average Bonchev–Trinajstić information content (AvgIpc) is 2.70. The standard InChI is InChI=1S/C22H21BrN4O3/c1-27(2)21-16(12-20(28)29)13-24-19(26-21)11-14-3-9-18(10-4-14)25-22(30)15-5-7-17(23)8-6-15/h3-10,13H,11-12H2,1-2H3,(H,25,30)(H,28,29). The number of rotatable bonds is 7. The third-order valence-electron chi connectivity index (χ3n) is 4.34. The third kappa shape index (κ3) is 5.64. The number of carbonyl (C=O) groups is 2. The van der Waals surface area contributed by atoms with Gasteiger partial charge >= 0.3 is 5.97 Å². The fraction of sp³-hybridized carbons (Fsp3) is 0.182. The molecule has 0 atom stereocenters. The lowest BCUT2D eigenvalue weighted by Crippen LogP contribution is -2.17. The van der Waals surface area contributed by atoms with Gasteiger partial charge in [0.15, 0.2) is 0 Å². The van der Waals surface area contributed by atoms with Crippen molar-refractivity contribution < 1.29 is 14.7 Å². The summed E-state index contributed by atoms with van der Waals surface area (Å²) in [6.45, 7) is 0. The van der Waals surface area contributed by atoms with E-state index in [1.807, 2.05) is 50.5 Å². The molecule has 0 spiro atoms. The van der Waals surface area contributed by atoms with E-state index in [2.05, 4.69) is 31.2 Å². The first-order chi connectivity index (χ1) is 14.3. The summed E-state index contributed by atoms with van der Waals surface area (Å²) in [5.41, 5.74) is 2.82. The van der Waals surface area contributed by atoms with Crippen molar-refractivity contribution in [3.05, 3.63) is 81.7 Å². The zero-order valence-corrected chi connectivity index (χ0v) is 18.2. The van der Waals surface area contributed by atoms with Gasteiger partial charge in [-0.05, 0) is 42.0 Å². The molecule has 2 N–H and O–H groups in total. The molecule has 0 fully saturated rings. The Hall–Kier alpha value is -3.26. The molecule has 3 rings (SSSR count). The Kier molecular flexibility index (Phi) is 6.79. The van der Waals surface area contributed by atoms with E-state index in [0.717, 1.165) is 10.0 Å². The van der Waals surface area contributed by atoms with Gasteiger partial charge < -0.3 is 15.3 Å². The van der Waals surface area contributed by atoms with Gasteiger partial charge in [0.2, 0.25) is 0 Å². The molecule has 7 nitrogen and oxygen atoms in total. The summed E-state index contributed by atoms with van der Waals surface area (Å²) in [5, 5.41) is 11.9. The number of hydrogen-bond donors (Lipinski definition) is 2. The van der Waals surface area contributed by atoms with Crippen LogP contribution in [0.15, 0.2) is 59.2 Å². The monoisotopic (exact) mass is 468 g/mol. The molecule has 0 aliphatic carbocycles. The number of aliphatic carboxylic acids is 1. The molecule has 154 valence electrons. The molecule has 2 aromatic carbocycles. The molecule has 0 bridgehead atoms. The number of hydrogen-bond acceptors (Lipinski definition) is 5. The summed E-state index contributed by atoms with van der Waals surface area (Å²) in [5.74, 6) is 0.0960. The molecule has 0 unspecified atom stereocenters. The molecule has 1 aromatic heterocycles. The van der Waals surface area contributed by atoms with Gasteiger partial charge in [-0.2, -0.15) is 0 Å². The SMILES string of the molecule is CN(C)c1nc(Cc2ccc(NC(=O)c3ccc(Br)cc3)cc2)ncc1CC(=O)O. The number of aromatic nitrogens is 2. The van der Waals surface area contributed by atoms with Gasteiger partial charge in [-0.15, -0.1) is 0 Å². The van der Waals surface area contributed by atoms with Gasteiger partial charge in [-0.25, -0.2) is 9.97 Å². The highest BCUT2D eigenvalue weighted by Gasteiger charge is 2.13. The minimum absolute atomic E-state index is 0.124. The summed E-state index contributed by atoms with van der Waals surface area (Å²) in [6, 6.07) is 14.6. The first kappa shape index (κ1) is 21.4. The largest absolute Gasteiger partial charge is 0.481 e. The molecular weight excluding hydrogens is 448 g/mol. The molecule has 1 heterocycles. The van der Waals surface area contributed by atoms with E-state index in [4.69, 9.17) is 5.11 Å². The predicted octanol–water partition coefficient (Wildman–Crippen LogP) is 3.78. The van der Waals surface area contributed by atoms with E-state index in [1.54, 1.807) is 23.2 Å². The molecule has 0 aliphatic heterocycles. The zero-order valence-electron chi connectivity index (χ0n) is 16.6. The fourth-order valence-corrected chi connectivity index (χ4v) is 3.15. The summed E-state index contributed by atoms with van der Waals surface area (Å²) in [6.07, 6.45) is 1.94. The highest BCUT2D eigenvalue weighted by molar-refractivity contribution is 9.10. The molecular formula is C22H21BrN4O3. The van der Waals surface area contributed by atoms with Crippen LogP contribution in [0.2, 0.25) is 0 Å². The normalized spacial score (nSPS) is 10.5. The molecule has 8 heteroatoms. The highest BCUT2D eigenvalue weighted by Crippen LogP contribution is 2.19. The first-order valence-corrected chi connectivity index (χ1v) is 10.0. The molecule has 1 amide bonds. The second-order valence-corrected chi connectivity index (χ2v) is 7.85. The number of carboxylic acids is 1. The van der Waals surface area contributed by atoms with E-state index in [-0.39, 0.29) is 12.3 Å². The number of carbonyl (C=O) groups excluding carboxylic acids is 1. The summed E-state index contributed by atoms with van der Waals surface area (Å²) < 4.78 is 0.916. The maximum Gasteiger partial charge on any atom is 0.308 e. The predicted molar refractivity (Wildman–Crippen MR) is 119 cm³/mol. The Morgan fingerprint density at radius 3 is 2.33 bits per heavy atom. The number of carboxylic acid groups (broad SMARTS) is 1. The Morgan fingerprint density at radius 2 is 1.73 bits per heavy atom. The maximum absolute atomic E-state index is 12.3. The van der Waals surface area contributed by atoms with Gasteiger partial charge in [-0.1, -0.05) is 28.1 Å². The molecule has 0 saturated carbocycles. The topological polar surface area (TPSA) is 95.4 Å². The lowest BCUT2D eigenvalue weighted by Gasteiger charge is -2.16. The van der Waals surface area contributed by atoms with Crippen molar-refractivity contribution in [2.24, 2.45) is 0 Å². The van der Waals surface area contributed by atoms with Gasteiger partial charge in [0.05, 0.1) is 6.42 Å². The minimum Gasteiger partial charge on any atom is -0.481 e. The van der Waals surface area contributed by atoms with Crippen LogP contribution in [0.4, 0.5) is 11.5 Å². The molecule has 30 heavy (non-hydrogen) atoms. The van der Waals surface area contributed by atoms with Crippen LogP contribution in [0.5, 0.6) is 0 Å². The van der Waals surface area contributed by atoms with Gasteiger partial charge in [0.1, 0.15) is 11.6 Å². The Bertz CT molecular complexity index is 1050. The summed E-state index contributed by atoms with van der Waals surface area (Å²) in [7, 11) is 3.64. The fourth-order valence-electron chi connectivity index (χ4n) is 2.89. The van der Waals surface area contributed by atoms with E-state index in [0.29, 0.717) is 34.9 Å². The smallest absolute Gasteiger partial charge is 0.308 e. The number of anilines is 2. The van der Waals surface area contributed by atoms with Crippen molar-refractivity contribution in [1.29, 1.82) is 0 Å². The number of halogens is 1. The van der Waals surface area contributed by atoms with Crippen LogP contribution in [0.1, 0.15) is 27.3 Å². The van der Waals surface area contributed by atoms with Gasteiger partial charge in [0.25, 0.3) is 5.91 Å². The first-order valence-electron chi connectivity index (χ1n) is 9.21. The van der Waals surface area contributed by atoms with E-state index < -0.39 is 5.97 Å². The molecule has 0 radical (unpaired) electrons. The van der Waals surface area contributed by atoms with Gasteiger partial charge in [-0.3, -0.25) is 9.59 Å².